The number of alkyl halides is 2. The first kappa shape index (κ1) is 26.9. The second kappa shape index (κ2) is 10.7. The van der Waals surface area contributed by atoms with Crippen LogP contribution in [0.15, 0.2) is 42.5 Å². The Balaban J connectivity index is 1.41. The summed E-state index contributed by atoms with van der Waals surface area (Å²) in [6.45, 7) is 1.76. The van der Waals surface area contributed by atoms with Gasteiger partial charge in [0.25, 0.3) is 0 Å². The van der Waals surface area contributed by atoms with Gasteiger partial charge in [0.2, 0.25) is 5.92 Å². The van der Waals surface area contributed by atoms with E-state index < -0.39 is 48.9 Å². The molecule has 4 N–H and O–H groups in total. The van der Waals surface area contributed by atoms with E-state index in [2.05, 4.69) is 0 Å². The Morgan fingerprint density at radius 1 is 0.944 bits per heavy atom. The van der Waals surface area contributed by atoms with E-state index in [1.807, 2.05) is 6.92 Å². The van der Waals surface area contributed by atoms with Crippen LogP contribution in [0.2, 0.25) is 0 Å². The molecule has 0 aromatic heterocycles. The van der Waals surface area contributed by atoms with Crippen LogP contribution in [-0.2, 0) is 11.2 Å². The standard InChI is InChI=1S/C27H33F3O6/c1-26(8-10-27(29,30)11-9-26)15-35-19-5-2-16(3-6-19)12-18-13-17(4-7-20(18)28)25-24(34)23(33)22(32)21(14-31)36-25/h2-7,13,21-25,31-34H,8-12,14-15H2,1H3/t21-,22?,23?,24?,25+/m1/s1. The molecule has 5 atom stereocenters. The van der Waals surface area contributed by atoms with Gasteiger partial charge < -0.3 is 29.9 Å². The van der Waals surface area contributed by atoms with E-state index >= 15 is 0 Å². The molecular formula is C27H33F3O6. The van der Waals surface area contributed by atoms with Crippen molar-refractivity contribution >= 4 is 0 Å². The predicted molar refractivity (Wildman–Crippen MR) is 125 cm³/mol. The number of aliphatic hydroxyl groups is 4. The quantitative estimate of drug-likeness (QED) is 0.455. The summed E-state index contributed by atoms with van der Waals surface area (Å²) >= 11 is 0. The van der Waals surface area contributed by atoms with E-state index in [0.717, 1.165) is 5.56 Å². The molecule has 1 aliphatic carbocycles. The molecule has 1 aliphatic heterocycles. The third kappa shape index (κ3) is 6.03. The van der Waals surface area contributed by atoms with Crippen LogP contribution in [0.5, 0.6) is 5.75 Å². The van der Waals surface area contributed by atoms with Gasteiger partial charge >= 0.3 is 0 Å². The lowest BCUT2D eigenvalue weighted by molar-refractivity contribution is -0.231. The highest BCUT2D eigenvalue weighted by Gasteiger charge is 2.44. The average molecular weight is 511 g/mol. The van der Waals surface area contributed by atoms with Crippen molar-refractivity contribution < 1.29 is 43.1 Å². The maximum absolute atomic E-state index is 14.6. The lowest BCUT2D eigenvalue weighted by Crippen LogP contribution is -2.55. The highest BCUT2D eigenvalue weighted by atomic mass is 19.3. The van der Waals surface area contributed by atoms with E-state index in [1.165, 1.54) is 18.2 Å². The minimum atomic E-state index is -2.59. The van der Waals surface area contributed by atoms with Gasteiger partial charge in [-0.25, -0.2) is 13.2 Å². The largest absolute Gasteiger partial charge is 0.493 e. The topological polar surface area (TPSA) is 99.4 Å². The Bertz CT molecular complexity index is 1020. The minimum Gasteiger partial charge on any atom is -0.493 e. The fraction of sp³-hybridized carbons (Fsp3) is 0.556. The van der Waals surface area contributed by atoms with Crippen molar-refractivity contribution in [3.63, 3.8) is 0 Å². The molecule has 0 bridgehead atoms. The van der Waals surface area contributed by atoms with Crippen molar-refractivity contribution in [3.8, 4) is 5.75 Å². The van der Waals surface area contributed by atoms with Gasteiger partial charge in [0.1, 0.15) is 42.1 Å². The molecule has 36 heavy (non-hydrogen) atoms. The normalized spacial score (nSPS) is 29.6. The summed E-state index contributed by atoms with van der Waals surface area (Å²) in [7, 11) is 0. The number of hydrogen-bond donors (Lipinski definition) is 4. The third-order valence-corrected chi connectivity index (χ3v) is 7.38. The summed E-state index contributed by atoms with van der Waals surface area (Å²) in [5.74, 6) is -2.44. The van der Waals surface area contributed by atoms with E-state index in [9.17, 15) is 33.6 Å². The Hall–Kier alpha value is -2.17. The summed E-state index contributed by atoms with van der Waals surface area (Å²) < 4.78 is 53.0. The molecule has 0 spiro atoms. The SMILES string of the molecule is CC1(COc2ccc(Cc3cc([C@@H]4O[C@H](CO)C(O)C(O)C4O)ccc3F)cc2)CCC(F)(F)CC1. The molecule has 0 radical (unpaired) electrons. The molecule has 2 aromatic rings. The van der Waals surface area contributed by atoms with Gasteiger partial charge in [-0.3, -0.25) is 0 Å². The zero-order valence-electron chi connectivity index (χ0n) is 20.1. The van der Waals surface area contributed by atoms with E-state index in [-0.39, 0.29) is 24.7 Å². The average Bonchev–Trinajstić information content (AvgIpc) is 2.86. The molecule has 198 valence electrons. The molecule has 4 rings (SSSR count). The molecule has 0 amide bonds. The molecule has 1 saturated heterocycles. The van der Waals surface area contributed by atoms with Gasteiger partial charge in [-0.2, -0.15) is 0 Å². The second-order valence-electron chi connectivity index (χ2n) is 10.4. The van der Waals surface area contributed by atoms with Crippen LogP contribution in [0.1, 0.15) is 55.4 Å². The molecular weight excluding hydrogens is 477 g/mol. The molecule has 1 heterocycles. The minimum absolute atomic E-state index is 0.125. The van der Waals surface area contributed by atoms with E-state index in [1.54, 1.807) is 24.3 Å². The molecule has 3 unspecified atom stereocenters. The Labute approximate surface area is 208 Å². The summed E-state index contributed by atoms with van der Waals surface area (Å²) in [5.41, 5.74) is 1.26. The van der Waals surface area contributed by atoms with Gasteiger partial charge in [0.05, 0.1) is 13.2 Å². The van der Waals surface area contributed by atoms with Crippen molar-refractivity contribution in [1.29, 1.82) is 0 Å². The Morgan fingerprint density at radius 2 is 1.61 bits per heavy atom. The van der Waals surface area contributed by atoms with Gasteiger partial charge in [0.15, 0.2) is 0 Å². The van der Waals surface area contributed by atoms with Crippen LogP contribution in [-0.4, -0.2) is 64.0 Å². The zero-order valence-corrected chi connectivity index (χ0v) is 20.1. The maximum atomic E-state index is 14.6. The van der Waals surface area contributed by atoms with Crippen molar-refractivity contribution in [1.82, 2.24) is 0 Å². The van der Waals surface area contributed by atoms with Gasteiger partial charge in [-0.1, -0.05) is 25.1 Å². The molecule has 2 fully saturated rings. The summed E-state index contributed by atoms with van der Waals surface area (Å²) in [5, 5.41) is 39.9. The van der Waals surface area contributed by atoms with Crippen molar-refractivity contribution in [3.05, 3.63) is 65.0 Å². The lowest BCUT2D eigenvalue weighted by Gasteiger charge is -2.40. The number of benzene rings is 2. The first-order valence-electron chi connectivity index (χ1n) is 12.2. The first-order chi connectivity index (χ1) is 17.0. The van der Waals surface area contributed by atoms with Crippen LogP contribution < -0.4 is 4.74 Å². The van der Waals surface area contributed by atoms with Crippen LogP contribution in [0.4, 0.5) is 13.2 Å². The van der Waals surface area contributed by atoms with Crippen LogP contribution in [0.25, 0.3) is 0 Å². The predicted octanol–water partition coefficient (Wildman–Crippen LogP) is 3.53. The van der Waals surface area contributed by atoms with Gasteiger partial charge in [-0.15, -0.1) is 0 Å². The van der Waals surface area contributed by atoms with Crippen molar-refractivity contribution in [2.45, 2.75) is 75.5 Å². The zero-order chi connectivity index (χ0) is 26.1. The molecule has 2 aliphatic rings. The molecule has 1 saturated carbocycles. The number of rotatable bonds is 7. The first-order valence-corrected chi connectivity index (χ1v) is 12.2. The Kier molecular flexibility index (Phi) is 7.97. The molecule has 6 nitrogen and oxygen atoms in total. The number of halogens is 3. The van der Waals surface area contributed by atoms with Crippen LogP contribution in [0.3, 0.4) is 0 Å². The smallest absolute Gasteiger partial charge is 0.248 e. The van der Waals surface area contributed by atoms with Gasteiger partial charge in [-0.05, 0) is 53.8 Å². The number of aliphatic hydroxyl groups excluding tert-OH is 4. The maximum Gasteiger partial charge on any atom is 0.248 e. The molecule has 9 heteroatoms. The summed E-state index contributed by atoms with van der Waals surface area (Å²) in [4.78, 5) is 0. The highest BCUT2D eigenvalue weighted by molar-refractivity contribution is 5.35. The second-order valence-corrected chi connectivity index (χ2v) is 10.4. The summed E-state index contributed by atoms with van der Waals surface area (Å²) in [6.07, 6.45) is -5.74. The highest BCUT2D eigenvalue weighted by Crippen LogP contribution is 2.43. The van der Waals surface area contributed by atoms with E-state index in [0.29, 0.717) is 36.3 Å². The van der Waals surface area contributed by atoms with Crippen LogP contribution >= 0.6 is 0 Å². The van der Waals surface area contributed by atoms with Crippen molar-refractivity contribution in [2.24, 2.45) is 5.41 Å². The monoisotopic (exact) mass is 510 g/mol. The van der Waals surface area contributed by atoms with Crippen LogP contribution in [0, 0.1) is 11.2 Å². The lowest BCUT2D eigenvalue weighted by atomic mass is 9.75. The fourth-order valence-corrected chi connectivity index (χ4v) is 4.83. The molecule has 2 aromatic carbocycles. The Morgan fingerprint density at radius 3 is 2.25 bits per heavy atom. The summed E-state index contributed by atoms with van der Waals surface area (Å²) in [6, 6.07) is 11.3. The third-order valence-electron chi connectivity index (χ3n) is 7.38. The van der Waals surface area contributed by atoms with Crippen molar-refractivity contribution in [2.75, 3.05) is 13.2 Å². The number of hydrogen-bond acceptors (Lipinski definition) is 6. The number of ether oxygens (including phenoxy) is 2. The fourth-order valence-electron chi connectivity index (χ4n) is 4.83. The van der Waals surface area contributed by atoms with Gasteiger partial charge in [0, 0.05) is 24.7 Å². The van der Waals surface area contributed by atoms with E-state index in [4.69, 9.17) is 9.47 Å².